The molecule has 2 unspecified atom stereocenters. The van der Waals surface area contributed by atoms with Crippen molar-refractivity contribution >= 4 is 19.8 Å². The molecule has 10 nitrogen and oxygen atoms in total. The minimum atomic E-state index is -5.10. The molecule has 11 heteroatoms. The highest BCUT2D eigenvalue weighted by Gasteiger charge is 2.43. The normalized spacial score (nSPS) is 17.4. The molecule has 2 atom stereocenters. The van der Waals surface area contributed by atoms with Crippen LogP contribution >= 0.6 is 7.82 Å². The number of rotatable bonds is 18. The van der Waals surface area contributed by atoms with Crippen molar-refractivity contribution in [3.63, 3.8) is 0 Å². The molecule has 33 heavy (non-hydrogen) atoms. The first-order valence-corrected chi connectivity index (χ1v) is 13.3. The summed E-state index contributed by atoms with van der Waals surface area (Å²) in [6, 6.07) is 0. The van der Waals surface area contributed by atoms with Crippen LogP contribution in [0, 0.1) is 5.92 Å². The topological polar surface area (TPSA) is 160 Å². The molecule has 0 saturated heterocycles. The SMILES string of the molecule is CC(C)CCCCCCCCCCCCC(=O)OCC(O)C1OC(=O)C(OP(=O)(O)O)=C1O. The smallest absolute Gasteiger partial charge is 0.505 e. The fourth-order valence-electron chi connectivity index (χ4n) is 3.50. The zero-order valence-corrected chi connectivity index (χ0v) is 20.5. The maximum absolute atomic E-state index is 11.8. The second-order valence-electron chi connectivity index (χ2n) is 8.84. The molecule has 0 aromatic heterocycles. The molecule has 0 aliphatic carbocycles. The Bertz CT molecular complexity index is 685. The fraction of sp³-hybridized carbons (Fsp3) is 0.818. The lowest BCUT2D eigenvalue weighted by Gasteiger charge is -2.17. The summed E-state index contributed by atoms with van der Waals surface area (Å²) in [5.41, 5.74) is 0. The summed E-state index contributed by atoms with van der Waals surface area (Å²) in [6.45, 7) is 3.96. The highest BCUT2D eigenvalue weighted by atomic mass is 31.2. The zero-order valence-electron chi connectivity index (χ0n) is 19.6. The zero-order chi connectivity index (χ0) is 24.9. The number of hydrogen-bond acceptors (Lipinski definition) is 8. The number of aliphatic hydroxyl groups is 2. The number of esters is 2. The minimum absolute atomic E-state index is 0.182. The summed E-state index contributed by atoms with van der Waals surface area (Å²) in [6.07, 6.45) is 9.65. The molecule has 0 amide bonds. The van der Waals surface area contributed by atoms with Crippen LogP contribution in [0.25, 0.3) is 0 Å². The summed E-state index contributed by atoms with van der Waals surface area (Å²) < 4.78 is 24.5. The maximum Gasteiger partial charge on any atom is 0.525 e. The van der Waals surface area contributed by atoms with Crippen molar-refractivity contribution in [3.05, 3.63) is 11.5 Å². The van der Waals surface area contributed by atoms with Gasteiger partial charge in [-0.05, 0) is 12.3 Å². The highest BCUT2D eigenvalue weighted by Crippen LogP contribution is 2.42. The molecule has 192 valence electrons. The van der Waals surface area contributed by atoms with Gasteiger partial charge in [0.2, 0.25) is 0 Å². The van der Waals surface area contributed by atoms with Crippen molar-refractivity contribution in [3.8, 4) is 0 Å². The van der Waals surface area contributed by atoms with E-state index in [2.05, 4.69) is 23.1 Å². The highest BCUT2D eigenvalue weighted by molar-refractivity contribution is 7.46. The standard InChI is InChI=1S/C22H39O10P/c1-16(2)13-11-9-7-5-3-4-6-8-10-12-14-18(24)30-15-17(23)20-19(25)21(22(26)31-20)32-33(27,28)29/h16-17,20,23,25H,3-15H2,1-2H3,(H2,27,28,29). The Kier molecular flexibility index (Phi) is 13.7. The molecule has 0 aromatic rings. The van der Waals surface area contributed by atoms with Crippen LogP contribution in [0.3, 0.4) is 0 Å². The van der Waals surface area contributed by atoms with Gasteiger partial charge in [0, 0.05) is 6.42 Å². The lowest BCUT2D eigenvalue weighted by atomic mass is 10.0. The lowest BCUT2D eigenvalue weighted by Crippen LogP contribution is -2.33. The van der Waals surface area contributed by atoms with Crippen molar-refractivity contribution < 1.29 is 48.2 Å². The van der Waals surface area contributed by atoms with E-state index in [0.29, 0.717) is 6.42 Å². The van der Waals surface area contributed by atoms with Crippen LogP contribution in [-0.2, 0) is 28.2 Å². The van der Waals surface area contributed by atoms with Gasteiger partial charge in [0.05, 0.1) is 0 Å². The molecule has 0 radical (unpaired) electrons. The molecule has 1 aliphatic rings. The van der Waals surface area contributed by atoms with E-state index in [9.17, 15) is 24.4 Å². The van der Waals surface area contributed by atoms with Crippen molar-refractivity contribution in [2.45, 2.75) is 103 Å². The number of aliphatic hydroxyl groups excluding tert-OH is 2. The van der Waals surface area contributed by atoms with Crippen molar-refractivity contribution in [2.75, 3.05) is 6.61 Å². The van der Waals surface area contributed by atoms with Gasteiger partial charge < -0.3 is 24.2 Å². The molecule has 1 rings (SSSR count). The van der Waals surface area contributed by atoms with Gasteiger partial charge in [-0.3, -0.25) is 14.6 Å². The Morgan fingerprint density at radius 2 is 1.52 bits per heavy atom. The van der Waals surface area contributed by atoms with Crippen LogP contribution < -0.4 is 0 Å². The van der Waals surface area contributed by atoms with Gasteiger partial charge in [0.1, 0.15) is 12.7 Å². The van der Waals surface area contributed by atoms with Crippen LogP contribution in [0.4, 0.5) is 0 Å². The van der Waals surface area contributed by atoms with E-state index >= 15 is 0 Å². The molecule has 1 heterocycles. The summed E-state index contributed by atoms with van der Waals surface area (Å²) in [5.74, 6) is -3.13. The van der Waals surface area contributed by atoms with Crippen LogP contribution in [0.1, 0.15) is 90.9 Å². The number of phosphoric ester groups is 1. The van der Waals surface area contributed by atoms with Gasteiger partial charge in [-0.25, -0.2) is 9.36 Å². The Labute approximate surface area is 195 Å². The molecular weight excluding hydrogens is 455 g/mol. The number of ether oxygens (including phenoxy) is 2. The maximum atomic E-state index is 11.8. The predicted octanol–water partition coefficient (Wildman–Crippen LogP) is 4.03. The predicted molar refractivity (Wildman–Crippen MR) is 120 cm³/mol. The van der Waals surface area contributed by atoms with E-state index < -0.39 is 50.1 Å². The molecule has 0 saturated carbocycles. The molecule has 0 fully saturated rings. The van der Waals surface area contributed by atoms with Crippen LogP contribution in [0.2, 0.25) is 0 Å². The first-order chi connectivity index (χ1) is 15.5. The largest absolute Gasteiger partial charge is 0.525 e. The van der Waals surface area contributed by atoms with Crippen molar-refractivity contribution in [2.24, 2.45) is 5.92 Å². The number of carbonyl (C=O) groups excluding carboxylic acids is 2. The second-order valence-corrected chi connectivity index (χ2v) is 10.0. The number of carbonyl (C=O) groups is 2. The average Bonchev–Trinajstić information content (AvgIpc) is 2.99. The van der Waals surface area contributed by atoms with E-state index in [1.54, 1.807) is 0 Å². The monoisotopic (exact) mass is 494 g/mol. The Morgan fingerprint density at radius 3 is 2.03 bits per heavy atom. The minimum Gasteiger partial charge on any atom is -0.505 e. The quantitative estimate of drug-likeness (QED) is 0.124. The van der Waals surface area contributed by atoms with Crippen molar-refractivity contribution in [1.82, 2.24) is 0 Å². The Hall–Kier alpha value is -1.61. The number of unbranched alkanes of at least 4 members (excludes halogenated alkanes) is 9. The van der Waals surface area contributed by atoms with Crippen molar-refractivity contribution in [1.29, 1.82) is 0 Å². The van der Waals surface area contributed by atoms with E-state index in [-0.39, 0.29) is 6.42 Å². The van der Waals surface area contributed by atoms with E-state index in [1.807, 2.05) is 0 Å². The van der Waals surface area contributed by atoms with E-state index in [0.717, 1.165) is 25.2 Å². The first-order valence-electron chi connectivity index (χ1n) is 11.7. The van der Waals surface area contributed by atoms with Crippen LogP contribution in [0.5, 0.6) is 0 Å². The van der Waals surface area contributed by atoms with E-state index in [1.165, 1.54) is 44.9 Å². The number of cyclic esters (lactones) is 1. The summed E-state index contributed by atoms with van der Waals surface area (Å²) in [7, 11) is -5.10. The third kappa shape index (κ3) is 13.0. The number of hydrogen-bond donors (Lipinski definition) is 4. The molecular formula is C22H39O10P. The molecule has 0 spiro atoms. The van der Waals surface area contributed by atoms with Gasteiger partial charge in [-0.15, -0.1) is 0 Å². The number of phosphoric acid groups is 1. The summed E-state index contributed by atoms with van der Waals surface area (Å²) >= 11 is 0. The third-order valence-electron chi connectivity index (χ3n) is 5.31. The first kappa shape index (κ1) is 29.4. The molecule has 4 N–H and O–H groups in total. The van der Waals surface area contributed by atoms with Gasteiger partial charge in [0.15, 0.2) is 11.9 Å². The van der Waals surface area contributed by atoms with Crippen LogP contribution in [0.15, 0.2) is 11.5 Å². The lowest BCUT2D eigenvalue weighted by molar-refractivity contribution is -0.154. The van der Waals surface area contributed by atoms with Gasteiger partial charge in [0.25, 0.3) is 5.76 Å². The molecule has 0 bridgehead atoms. The molecule has 0 aromatic carbocycles. The third-order valence-corrected chi connectivity index (χ3v) is 5.73. The summed E-state index contributed by atoms with van der Waals surface area (Å²) in [5, 5.41) is 19.8. The summed E-state index contributed by atoms with van der Waals surface area (Å²) in [4.78, 5) is 40.8. The van der Waals surface area contributed by atoms with Crippen LogP contribution in [-0.4, -0.2) is 50.8 Å². The second kappa shape index (κ2) is 15.3. The van der Waals surface area contributed by atoms with Gasteiger partial charge in [-0.2, -0.15) is 0 Å². The molecule has 1 aliphatic heterocycles. The Balaban J connectivity index is 2.10. The Morgan fingerprint density at radius 1 is 1.00 bits per heavy atom. The van der Waals surface area contributed by atoms with E-state index in [4.69, 9.17) is 14.5 Å². The van der Waals surface area contributed by atoms with Gasteiger partial charge >= 0.3 is 19.8 Å². The average molecular weight is 495 g/mol. The fourth-order valence-corrected chi connectivity index (χ4v) is 3.90. The van der Waals surface area contributed by atoms with Gasteiger partial charge in [-0.1, -0.05) is 78.1 Å².